The Hall–Kier alpha value is -1.06. The van der Waals surface area contributed by atoms with Crippen LogP contribution in [0, 0.1) is 0 Å². The lowest BCUT2D eigenvalue weighted by molar-refractivity contribution is -0.0660. The largest absolute Gasteiger partial charge is 0.378 e. The molecule has 2 aliphatic heterocycles. The number of benzene rings is 1. The summed E-state index contributed by atoms with van der Waals surface area (Å²) >= 11 is 0. The van der Waals surface area contributed by atoms with E-state index >= 15 is 0 Å². The Labute approximate surface area is 122 Å². The second kappa shape index (κ2) is 5.38. The van der Waals surface area contributed by atoms with E-state index in [1.54, 1.807) is 0 Å². The lowest BCUT2D eigenvalue weighted by atomic mass is 9.87. The van der Waals surface area contributed by atoms with Crippen molar-refractivity contribution in [3.63, 3.8) is 0 Å². The van der Waals surface area contributed by atoms with Crippen LogP contribution in [0.25, 0.3) is 0 Å². The number of hydrogen-bond donors (Lipinski definition) is 0. The highest BCUT2D eigenvalue weighted by atomic mass is 16.5. The molecule has 0 amide bonds. The summed E-state index contributed by atoms with van der Waals surface area (Å²) in [6.45, 7) is 13.2. The zero-order chi connectivity index (χ0) is 14.2. The number of ether oxygens (including phenoxy) is 1. The Bertz CT molecular complexity index is 437. The molecule has 0 unspecified atom stereocenters. The van der Waals surface area contributed by atoms with Crippen LogP contribution in [0.2, 0.25) is 0 Å². The highest BCUT2D eigenvalue weighted by Crippen LogP contribution is 2.25. The van der Waals surface area contributed by atoms with Crippen molar-refractivity contribution >= 4 is 5.69 Å². The Morgan fingerprint density at radius 2 is 1.55 bits per heavy atom. The van der Waals surface area contributed by atoms with Gasteiger partial charge in [-0.1, -0.05) is 32.9 Å². The lowest BCUT2D eigenvalue weighted by Gasteiger charge is -2.43. The second-order valence-corrected chi connectivity index (χ2v) is 7.01. The molecule has 2 heterocycles. The number of anilines is 1. The van der Waals surface area contributed by atoms with Gasteiger partial charge in [0.05, 0.1) is 19.3 Å². The first-order chi connectivity index (χ1) is 9.54. The molecule has 0 atom stereocenters. The van der Waals surface area contributed by atoms with Crippen LogP contribution >= 0.6 is 0 Å². The third-order valence-corrected chi connectivity index (χ3v) is 4.55. The van der Waals surface area contributed by atoms with Crippen LogP contribution in [-0.4, -0.2) is 50.3 Å². The van der Waals surface area contributed by atoms with Gasteiger partial charge in [0.15, 0.2) is 0 Å². The maximum absolute atomic E-state index is 5.29. The first kappa shape index (κ1) is 13.9. The van der Waals surface area contributed by atoms with Crippen LogP contribution < -0.4 is 4.90 Å². The van der Waals surface area contributed by atoms with Gasteiger partial charge >= 0.3 is 0 Å². The van der Waals surface area contributed by atoms with E-state index in [0.29, 0.717) is 6.04 Å². The molecule has 3 rings (SSSR count). The van der Waals surface area contributed by atoms with Crippen molar-refractivity contribution in [2.75, 3.05) is 44.3 Å². The maximum Gasteiger partial charge on any atom is 0.0645 e. The normalized spacial score (nSPS) is 21.9. The number of rotatable bonds is 2. The van der Waals surface area contributed by atoms with Crippen LogP contribution in [0.4, 0.5) is 5.69 Å². The van der Waals surface area contributed by atoms with Gasteiger partial charge in [-0.3, -0.25) is 4.90 Å². The topological polar surface area (TPSA) is 15.7 Å². The van der Waals surface area contributed by atoms with Crippen molar-refractivity contribution in [3.8, 4) is 0 Å². The van der Waals surface area contributed by atoms with Crippen molar-refractivity contribution in [3.05, 3.63) is 29.8 Å². The van der Waals surface area contributed by atoms with Gasteiger partial charge in [0.1, 0.15) is 0 Å². The first-order valence-corrected chi connectivity index (χ1v) is 7.71. The fourth-order valence-corrected chi connectivity index (χ4v) is 2.95. The quantitative estimate of drug-likeness (QED) is 0.824. The zero-order valence-electron chi connectivity index (χ0n) is 12.9. The molecule has 3 heteroatoms. The van der Waals surface area contributed by atoms with E-state index in [4.69, 9.17) is 4.74 Å². The third-order valence-electron chi connectivity index (χ3n) is 4.55. The summed E-state index contributed by atoms with van der Waals surface area (Å²) in [6, 6.07) is 9.80. The summed E-state index contributed by atoms with van der Waals surface area (Å²) in [4.78, 5) is 5.08. The first-order valence-electron chi connectivity index (χ1n) is 7.71. The summed E-state index contributed by atoms with van der Waals surface area (Å²) in [7, 11) is 0. The van der Waals surface area contributed by atoms with Gasteiger partial charge in [-0.15, -0.1) is 0 Å². The average molecular weight is 274 g/mol. The van der Waals surface area contributed by atoms with Crippen LogP contribution in [0.15, 0.2) is 24.3 Å². The zero-order valence-corrected chi connectivity index (χ0v) is 12.9. The molecule has 1 aromatic rings. The fraction of sp³-hybridized carbons (Fsp3) is 0.647. The van der Waals surface area contributed by atoms with Crippen molar-refractivity contribution in [2.45, 2.75) is 32.2 Å². The Morgan fingerprint density at radius 3 is 2.00 bits per heavy atom. The molecule has 3 nitrogen and oxygen atoms in total. The molecule has 0 aliphatic carbocycles. The van der Waals surface area contributed by atoms with Crippen molar-refractivity contribution in [1.82, 2.24) is 4.90 Å². The third kappa shape index (κ3) is 2.84. The van der Waals surface area contributed by atoms with Crippen LogP contribution in [-0.2, 0) is 10.2 Å². The minimum Gasteiger partial charge on any atom is -0.378 e. The number of hydrogen-bond acceptors (Lipinski definition) is 3. The van der Waals surface area contributed by atoms with Crippen molar-refractivity contribution in [1.29, 1.82) is 0 Å². The van der Waals surface area contributed by atoms with Crippen LogP contribution in [0.1, 0.15) is 26.3 Å². The monoisotopic (exact) mass is 274 g/mol. The van der Waals surface area contributed by atoms with Gasteiger partial charge < -0.3 is 9.64 Å². The van der Waals surface area contributed by atoms with E-state index in [1.807, 2.05) is 0 Å². The van der Waals surface area contributed by atoms with Crippen molar-refractivity contribution in [2.24, 2.45) is 0 Å². The Morgan fingerprint density at radius 1 is 0.950 bits per heavy atom. The molecule has 0 radical (unpaired) electrons. The average Bonchev–Trinajstić information content (AvgIpc) is 2.37. The van der Waals surface area contributed by atoms with E-state index in [9.17, 15) is 0 Å². The van der Waals surface area contributed by atoms with E-state index in [1.165, 1.54) is 11.3 Å². The van der Waals surface area contributed by atoms with Gasteiger partial charge in [-0.2, -0.15) is 0 Å². The molecule has 0 bridgehead atoms. The molecule has 0 aromatic heterocycles. The predicted octanol–water partition coefficient (Wildman–Crippen LogP) is 2.50. The molecule has 2 aliphatic rings. The highest BCUT2D eigenvalue weighted by molar-refractivity contribution is 5.49. The fourth-order valence-electron chi connectivity index (χ4n) is 2.95. The molecule has 2 saturated heterocycles. The van der Waals surface area contributed by atoms with Gasteiger partial charge in [0, 0.05) is 31.9 Å². The number of piperazine rings is 1. The summed E-state index contributed by atoms with van der Waals surface area (Å²) in [6.07, 6.45) is 0. The second-order valence-electron chi connectivity index (χ2n) is 7.01. The molecule has 0 spiro atoms. The maximum atomic E-state index is 5.29. The molecule has 20 heavy (non-hydrogen) atoms. The molecule has 2 fully saturated rings. The Balaban J connectivity index is 1.60. The minimum atomic E-state index is 0.238. The van der Waals surface area contributed by atoms with Gasteiger partial charge in [0.25, 0.3) is 0 Å². The predicted molar refractivity (Wildman–Crippen MR) is 83.5 cm³/mol. The van der Waals surface area contributed by atoms with E-state index in [2.05, 4.69) is 54.8 Å². The van der Waals surface area contributed by atoms with E-state index < -0.39 is 0 Å². The van der Waals surface area contributed by atoms with Gasteiger partial charge in [-0.05, 0) is 23.1 Å². The van der Waals surface area contributed by atoms with E-state index in [-0.39, 0.29) is 5.41 Å². The van der Waals surface area contributed by atoms with Gasteiger partial charge in [-0.25, -0.2) is 0 Å². The molecule has 0 N–H and O–H groups in total. The van der Waals surface area contributed by atoms with Crippen LogP contribution in [0.3, 0.4) is 0 Å². The molecular formula is C17H26N2O. The SMILES string of the molecule is CC(C)(C)c1ccc(N2CCN(C3COC3)CC2)cc1. The molecular weight excluding hydrogens is 248 g/mol. The summed E-state index contributed by atoms with van der Waals surface area (Å²) in [5.41, 5.74) is 3.01. The highest BCUT2D eigenvalue weighted by Gasteiger charge is 2.28. The molecule has 0 saturated carbocycles. The Kier molecular flexibility index (Phi) is 3.74. The van der Waals surface area contributed by atoms with Crippen LogP contribution in [0.5, 0.6) is 0 Å². The lowest BCUT2D eigenvalue weighted by Crippen LogP contribution is -2.56. The minimum absolute atomic E-state index is 0.238. The standard InChI is InChI=1S/C17H26N2O/c1-17(2,3)14-4-6-15(7-5-14)18-8-10-19(11-9-18)16-12-20-13-16/h4-7,16H,8-13H2,1-3H3. The van der Waals surface area contributed by atoms with Gasteiger partial charge in [0.2, 0.25) is 0 Å². The number of nitrogens with zero attached hydrogens (tertiary/aromatic N) is 2. The summed E-state index contributed by atoms with van der Waals surface area (Å²) in [5, 5.41) is 0. The van der Waals surface area contributed by atoms with Crippen molar-refractivity contribution < 1.29 is 4.74 Å². The molecule has 1 aromatic carbocycles. The summed E-state index contributed by atoms with van der Waals surface area (Å²) < 4.78 is 5.29. The smallest absolute Gasteiger partial charge is 0.0645 e. The molecule has 110 valence electrons. The van der Waals surface area contributed by atoms with E-state index in [0.717, 1.165) is 39.4 Å². The summed E-state index contributed by atoms with van der Waals surface area (Å²) in [5.74, 6) is 0.